The maximum absolute atomic E-state index is 6.07. The lowest BCUT2D eigenvalue weighted by Gasteiger charge is -2.31. The molecule has 2 rings (SSSR count). The van der Waals surface area contributed by atoms with Gasteiger partial charge in [0.25, 0.3) is 0 Å². The lowest BCUT2D eigenvalue weighted by molar-refractivity contribution is 0.181. The van der Waals surface area contributed by atoms with E-state index in [0.29, 0.717) is 6.61 Å². The Bertz CT molecular complexity index is 378. The van der Waals surface area contributed by atoms with Gasteiger partial charge in [-0.05, 0) is 37.0 Å². The van der Waals surface area contributed by atoms with Crippen molar-refractivity contribution < 1.29 is 4.74 Å². The third kappa shape index (κ3) is 2.61. The summed E-state index contributed by atoms with van der Waals surface area (Å²) in [4.78, 5) is 2.43. The molecule has 0 aliphatic carbocycles. The predicted octanol–water partition coefficient (Wildman–Crippen LogP) is 2.11. The minimum Gasteiger partial charge on any atom is -0.383 e. The van der Waals surface area contributed by atoms with Gasteiger partial charge in [-0.3, -0.25) is 0 Å². The second kappa shape index (κ2) is 5.52. The quantitative estimate of drug-likeness (QED) is 0.867. The summed E-state index contributed by atoms with van der Waals surface area (Å²) in [5.41, 5.74) is 10.1. The fourth-order valence-electron chi connectivity index (χ4n) is 2.53. The van der Waals surface area contributed by atoms with E-state index in [1.54, 1.807) is 7.11 Å². The highest BCUT2D eigenvalue weighted by Crippen LogP contribution is 2.29. The van der Waals surface area contributed by atoms with Crippen molar-refractivity contribution in [2.24, 2.45) is 5.73 Å². The van der Waals surface area contributed by atoms with Crippen molar-refractivity contribution in [1.82, 2.24) is 0 Å². The van der Waals surface area contributed by atoms with Crippen LogP contribution in [0.25, 0.3) is 0 Å². The number of anilines is 1. The van der Waals surface area contributed by atoms with E-state index in [4.69, 9.17) is 10.5 Å². The Morgan fingerprint density at radius 1 is 1.47 bits per heavy atom. The molecule has 0 saturated carbocycles. The number of ether oxygens (including phenoxy) is 1. The number of hydrogen-bond donors (Lipinski definition) is 1. The Morgan fingerprint density at radius 2 is 2.29 bits per heavy atom. The molecule has 1 aliphatic heterocycles. The predicted molar refractivity (Wildman–Crippen MR) is 71.5 cm³/mol. The fraction of sp³-hybridized carbons (Fsp3) is 0.571. The molecule has 94 valence electrons. The van der Waals surface area contributed by atoms with Gasteiger partial charge in [-0.25, -0.2) is 0 Å². The van der Waals surface area contributed by atoms with Crippen LogP contribution in [-0.2, 0) is 11.2 Å². The average molecular weight is 234 g/mol. The number of fused-ring (bicyclic) bond motifs is 1. The molecule has 0 aromatic heterocycles. The summed E-state index contributed by atoms with van der Waals surface area (Å²) in [6.07, 6.45) is 2.41. The molecule has 17 heavy (non-hydrogen) atoms. The molecule has 0 bridgehead atoms. The van der Waals surface area contributed by atoms with Crippen molar-refractivity contribution in [3.05, 3.63) is 29.3 Å². The Hall–Kier alpha value is -1.06. The Kier molecular flexibility index (Phi) is 4.02. The number of nitrogens with two attached hydrogens (primary N) is 1. The zero-order chi connectivity index (χ0) is 12.3. The lowest BCUT2D eigenvalue weighted by Crippen LogP contribution is -2.29. The van der Waals surface area contributed by atoms with Crippen molar-refractivity contribution in [3.8, 4) is 0 Å². The molecule has 1 unspecified atom stereocenters. The second-order valence-corrected chi connectivity index (χ2v) is 4.63. The van der Waals surface area contributed by atoms with Crippen molar-refractivity contribution in [2.45, 2.75) is 25.8 Å². The first kappa shape index (κ1) is 12.4. The molecule has 3 nitrogen and oxygen atoms in total. The van der Waals surface area contributed by atoms with Crippen LogP contribution in [0.5, 0.6) is 0 Å². The van der Waals surface area contributed by atoms with E-state index < -0.39 is 0 Å². The largest absolute Gasteiger partial charge is 0.383 e. The maximum Gasteiger partial charge on any atom is 0.0655 e. The van der Waals surface area contributed by atoms with Gasteiger partial charge in [-0.2, -0.15) is 0 Å². The van der Waals surface area contributed by atoms with Crippen LogP contribution in [-0.4, -0.2) is 26.8 Å². The molecule has 0 amide bonds. The molecular weight excluding hydrogens is 212 g/mol. The van der Waals surface area contributed by atoms with E-state index in [9.17, 15) is 0 Å². The molecule has 1 aromatic rings. The first-order valence-electron chi connectivity index (χ1n) is 6.38. The van der Waals surface area contributed by atoms with Gasteiger partial charge in [-0.15, -0.1) is 0 Å². The van der Waals surface area contributed by atoms with E-state index in [2.05, 4.69) is 30.0 Å². The summed E-state index contributed by atoms with van der Waals surface area (Å²) in [6, 6.07) is 6.59. The Balaban J connectivity index is 2.24. The van der Waals surface area contributed by atoms with Crippen LogP contribution >= 0.6 is 0 Å². The molecule has 1 atom stereocenters. The van der Waals surface area contributed by atoms with Crippen molar-refractivity contribution in [2.75, 3.05) is 31.7 Å². The standard InChI is InChI=1S/C14H22N2O/c1-3-16-8-4-5-12-9-11(6-7-14(12)16)13(15)10-17-2/h6-7,9,13H,3-5,8,10,15H2,1-2H3. The van der Waals surface area contributed by atoms with Crippen LogP contribution in [0.15, 0.2) is 18.2 Å². The van der Waals surface area contributed by atoms with Crippen LogP contribution in [0.2, 0.25) is 0 Å². The third-order valence-corrected chi connectivity index (χ3v) is 3.47. The van der Waals surface area contributed by atoms with Crippen molar-refractivity contribution in [1.29, 1.82) is 0 Å². The van der Waals surface area contributed by atoms with Crippen LogP contribution < -0.4 is 10.6 Å². The highest BCUT2D eigenvalue weighted by molar-refractivity contribution is 5.57. The van der Waals surface area contributed by atoms with Gasteiger partial charge in [0.2, 0.25) is 0 Å². The normalized spacial score (nSPS) is 16.8. The zero-order valence-electron chi connectivity index (χ0n) is 10.8. The number of methoxy groups -OCH3 is 1. The maximum atomic E-state index is 6.07. The van der Waals surface area contributed by atoms with E-state index >= 15 is 0 Å². The van der Waals surface area contributed by atoms with E-state index in [1.807, 2.05) is 0 Å². The SMILES string of the molecule is CCN1CCCc2cc(C(N)COC)ccc21. The van der Waals surface area contributed by atoms with E-state index in [1.165, 1.54) is 36.2 Å². The van der Waals surface area contributed by atoms with Gasteiger partial charge in [-0.1, -0.05) is 12.1 Å². The van der Waals surface area contributed by atoms with Crippen LogP contribution in [0.4, 0.5) is 5.69 Å². The highest BCUT2D eigenvalue weighted by Gasteiger charge is 2.16. The van der Waals surface area contributed by atoms with E-state index in [0.717, 1.165) is 6.54 Å². The number of rotatable bonds is 4. The monoisotopic (exact) mass is 234 g/mol. The van der Waals surface area contributed by atoms with Gasteiger partial charge < -0.3 is 15.4 Å². The van der Waals surface area contributed by atoms with Gasteiger partial charge in [0, 0.05) is 25.9 Å². The van der Waals surface area contributed by atoms with Crippen LogP contribution in [0, 0.1) is 0 Å². The van der Waals surface area contributed by atoms with Gasteiger partial charge in [0.1, 0.15) is 0 Å². The molecule has 3 heteroatoms. The molecule has 1 aromatic carbocycles. The summed E-state index contributed by atoms with van der Waals surface area (Å²) in [5, 5.41) is 0. The zero-order valence-corrected chi connectivity index (χ0v) is 10.8. The summed E-state index contributed by atoms with van der Waals surface area (Å²) >= 11 is 0. The first-order valence-corrected chi connectivity index (χ1v) is 6.38. The Labute approximate surface area is 104 Å². The minimum atomic E-state index is -0.0118. The third-order valence-electron chi connectivity index (χ3n) is 3.47. The summed E-state index contributed by atoms with van der Waals surface area (Å²) < 4.78 is 5.11. The van der Waals surface area contributed by atoms with E-state index in [-0.39, 0.29) is 6.04 Å². The molecule has 1 aliphatic rings. The summed E-state index contributed by atoms with van der Waals surface area (Å²) in [5.74, 6) is 0. The minimum absolute atomic E-state index is 0.0118. The molecule has 0 saturated heterocycles. The number of hydrogen-bond acceptors (Lipinski definition) is 3. The lowest BCUT2D eigenvalue weighted by atomic mass is 9.97. The van der Waals surface area contributed by atoms with Crippen LogP contribution in [0.1, 0.15) is 30.5 Å². The summed E-state index contributed by atoms with van der Waals surface area (Å²) in [7, 11) is 1.69. The molecule has 2 N–H and O–H groups in total. The molecular formula is C14H22N2O. The van der Waals surface area contributed by atoms with Crippen LogP contribution in [0.3, 0.4) is 0 Å². The highest BCUT2D eigenvalue weighted by atomic mass is 16.5. The molecule has 0 fully saturated rings. The second-order valence-electron chi connectivity index (χ2n) is 4.63. The number of aryl methyl sites for hydroxylation is 1. The molecule has 0 radical (unpaired) electrons. The van der Waals surface area contributed by atoms with Crippen molar-refractivity contribution >= 4 is 5.69 Å². The summed E-state index contributed by atoms with van der Waals surface area (Å²) in [6.45, 7) is 5.04. The fourth-order valence-corrected chi connectivity index (χ4v) is 2.53. The number of benzene rings is 1. The van der Waals surface area contributed by atoms with Crippen molar-refractivity contribution in [3.63, 3.8) is 0 Å². The van der Waals surface area contributed by atoms with Gasteiger partial charge in [0.15, 0.2) is 0 Å². The average Bonchev–Trinajstić information content (AvgIpc) is 2.37. The Morgan fingerprint density at radius 3 is 3.00 bits per heavy atom. The number of nitrogens with zero attached hydrogens (tertiary/aromatic N) is 1. The molecule has 0 spiro atoms. The molecule has 1 heterocycles. The van der Waals surface area contributed by atoms with Gasteiger partial charge in [0.05, 0.1) is 12.6 Å². The first-order chi connectivity index (χ1) is 8.26. The smallest absolute Gasteiger partial charge is 0.0655 e. The van der Waals surface area contributed by atoms with Gasteiger partial charge >= 0.3 is 0 Å². The topological polar surface area (TPSA) is 38.5 Å².